The van der Waals surface area contributed by atoms with Crippen molar-refractivity contribution in [2.24, 2.45) is 0 Å². The van der Waals surface area contributed by atoms with Crippen LogP contribution in [0, 0.1) is 6.92 Å². The molecule has 2 aromatic carbocycles. The minimum absolute atomic E-state index is 0.853. The summed E-state index contributed by atoms with van der Waals surface area (Å²) in [6.07, 6.45) is 3.38. The van der Waals surface area contributed by atoms with Crippen molar-refractivity contribution in [2.45, 2.75) is 26.2 Å². The van der Waals surface area contributed by atoms with Crippen LogP contribution in [0.5, 0.6) is 0 Å². The van der Waals surface area contributed by atoms with Crippen LogP contribution in [0.15, 0.2) is 46.9 Å². The minimum atomic E-state index is 0.853. The first-order valence-corrected chi connectivity index (χ1v) is 7.32. The summed E-state index contributed by atoms with van der Waals surface area (Å²) in [6.45, 7) is 2.06. The third-order valence-electron chi connectivity index (χ3n) is 3.04. The molecular weight excluding hydrogens is 308 g/mol. The molecule has 0 aromatic heterocycles. The second-order valence-corrected chi connectivity index (χ2v) is 5.89. The smallest absolute Gasteiger partial charge is 0.0435 e. The largest absolute Gasteiger partial charge is 0.0841 e. The second kappa shape index (κ2) is 6.40. The molecule has 18 heavy (non-hydrogen) atoms. The number of hydrogen-bond donors (Lipinski definition) is 0. The van der Waals surface area contributed by atoms with Crippen molar-refractivity contribution in [3.63, 3.8) is 0 Å². The lowest BCUT2D eigenvalue weighted by atomic mass is 10.0. The summed E-state index contributed by atoms with van der Waals surface area (Å²) in [6, 6.07) is 14.8. The third-order valence-corrected chi connectivity index (χ3v) is 3.96. The van der Waals surface area contributed by atoms with Crippen molar-refractivity contribution >= 4 is 27.5 Å². The van der Waals surface area contributed by atoms with Crippen LogP contribution in [0.2, 0.25) is 5.02 Å². The van der Waals surface area contributed by atoms with Crippen LogP contribution < -0.4 is 0 Å². The van der Waals surface area contributed by atoms with Gasteiger partial charge in [0.2, 0.25) is 0 Å². The summed E-state index contributed by atoms with van der Waals surface area (Å²) < 4.78 is 1.15. The highest BCUT2D eigenvalue weighted by Crippen LogP contribution is 2.18. The number of hydrogen-bond acceptors (Lipinski definition) is 0. The maximum atomic E-state index is 6.02. The first kappa shape index (κ1) is 13.6. The molecule has 0 atom stereocenters. The molecule has 0 radical (unpaired) electrons. The fraction of sp³-hybridized carbons (Fsp3) is 0.250. The zero-order valence-electron chi connectivity index (χ0n) is 10.4. The Kier molecular flexibility index (Phi) is 4.85. The Morgan fingerprint density at radius 1 is 1.00 bits per heavy atom. The molecule has 0 fully saturated rings. The van der Waals surface area contributed by atoms with Crippen LogP contribution in [-0.4, -0.2) is 0 Å². The van der Waals surface area contributed by atoms with Gasteiger partial charge >= 0.3 is 0 Å². The Labute approximate surface area is 122 Å². The van der Waals surface area contributed by atoms with E-state index in [4.69, 9.17) is 11.6 Å². The van der Waals surface area contributed by atoms with Crippen molar-refractivity contribution in [3.05, 3.63) is 68.7 Å². The summed E-state index contributed by atoms with van der Waals surface area (Å²) in [5, 5.41) is 0.853. The Bertz CT molecular complexity index is 534. The topological polar surface area (TPSA) is 0 Å². The number of halogens is 2. The van der Waals surface area contributed by atoms with E-state index in [1.54, 1.807) is 0 Å². The van der Waals surface area contributed by atoms with Crippen molar-refractivity contribution < 1.29 is 0 Å². The van der Waals surface area contributed by atoms with Crippen LogP contribution in [0.1, 0.15) is 23.1 Å². The molecule has 0 aliphatic heterocycles. The molecule has 2 aromatic rings. The van der Waals surface area contributed by atoms with Crippen LogP contribution in [0.4, 0.5) is 0 Å². The normalized spacial score (nSPS) is 10.6. The number of rotatable bonds is 4. The van der Waals surface area contributed by atoms with Gasteiger partial charge in [-0.25, -0.2) is 0 Å². The molecule has 0 N–H and O–H groups in total. The number of aryl methyl sites for hydroxylation is 3. The second-order valence-electron chi connectivity index (χ2n) is 4.57. The van der Waals surface area contributed by atoms with Crippen LogP contribution in [0.25, 0.3) is 0 Å². The van der Waals surface area contributed by atoms with Gasteiger partial charge in [-0.1, -0.05) is 51.8 Å². The predicted octanol–water partition coefficient (Wildman–Crippen LogP) is 5.59. The lowest BCUT2D eigenvalue weighted by molar-refractivity contribution is 0.819. The average Bonchev–Trinajstić information content (AvgIpc) is 2.34. The van der Waals surface area contributed by atoms with Gasteiger partial charge in [-0.2, -0.15) is 0 Å². The standard InChI is InChI=1S/C16H16BrCl/c1-12-10-14(8-9-16(12)18)5-2-4-13-6-3-7-15(17)11-13/h3,6-11H,2,4-5H2,1H3. The highest BCUT2D eigenvalue weighted by Gasteiger charge is 1.99. The van der Waals surface area contributed by atoms with E-state index < -0.39 is 0 Å². The molecular formula is C16H16BrCl. The fourth-order valence-electron chi connectivity index (χ4n) is 2.05. The van der Waals surface area contributed by atoms with Crippen LogP contribution in [-0.2, 0) is 12.8 Å². The Morgan fingerprint density at radius 3 is 2.39 bits per heavy atom. The molecule has 0 amide bonds. The first-order valence-electron chi connectivity index (χ1n) is 6.14. The predicted molar refractivity (Wildman–Crippen MR) is 82.4 cm³/mol. The van der Waals surface area contributed by atoms with E-state index in [1.807, 2.05) is 6.07 Å². The first-order chi connectivity index (χ1) is 8.65. The molecule has 2 heteroatoms. The van der Waals surface area contributed by atoms with E-state index in [0.29, 0.717) is 0 Å². The molecule has 0 saturated carbocycles. The van der Waals surface area contributed by atoms with Gasteiger partial charge in [0.1, 0.15) is 0 Å². The van der Waals surface area contributed by atoms with Gasteiger partial charge in [0, 0.05) is 9.50 Å². The van der Waals surface area contributed by atoms with Gasteiger partial charge in [-0.15, -0.1) is 0 Å². The lowest BCUT2D eigenvalue weighted by Gasteiger charge is -2.05. The van der Waals surface area contributed by atoms with Gasteiger partial charge < -0.3 is 0 Å². The fourth-order valence-corrected chi connectivity index (χ4v) is 2.62. The average molecular weight is 324 g/mol. The maximum absolute atomic E-state index is 6.02. The minimum Gasteiger partial charge on any atom is -0.0841 e. The zero-order chi connectivity index (χ0) is 13.0. The summed E-state index contributed by atoms with van der Waals surface area (Å²) >= 11 is 9.52. The molecule has 94 valence electrons. The molecule has 0 aliphatic carbocycles. The van der Waals surface area contributed by atoms with E-state index in [-0.39, 0.29) is 0 Å². The summed E-state index contributed by atoms with van der Waals surface area (Å²) in [5.41, 5.74) is 3.92. The van der Waals surface area contributed by atoms with E-state index in [2.05, 4.69) is 59.3 Å². The van der Waals surface area contributed by atoms with E-state index in [1.165, 1.54) is 11.1 Å². The van der Waals surface area contributed by atoms with Crippen molar-refractivity contribution in [2.75, 3.05) is 0 Å². The summed E-state index contributed by atoms with van der Waals surface area (Å²) in [5.74, 6) is 0. The van der Waals surface area contributed by atoms with Crippen molar-refractivity contribution in [1.29, 1.82) is 0 Å². The molecule has 0 aliphatic rings. The zero-order valence-corrected chi connectivity index (χ0v) is 12.8. The molecule has 0 unspecified atom stereocenters. The third kappa shape index (κ3) is 3.86. The lowest BCUT2D eigenvalue weighted by Crippen LogP contribution is -1.91. The van der Waals surface area contributed by atoms with E-state index >= 15 is 0 Å². The Hall–Kier alpha value is -0.790. The molecule has 0 heterocycles. The van der Waals surface area contributed by atoms with E-state index in [9.17, 15) is 0 Å². The number of benzene rings is 2. The van der Waals surface area contributed by atoms with Crippen molar-refractivity contribution in [3.8, 4) is 0 Å². The Balaban J connectivity index is 1.90. The van der Waals surface area contributed by atoms with Crippen LogP contribution >= 0.6 is 27.5 Å². The van der Waals surface area contributed by atoms with Gasteiger partial charge in [0.15, 0.2) is 0 Å². The molecule has 0 bridgehead atoms. The Morgan fingerprint density at radius 2 is 1.72 bits per heavy atom. The van der Waals surface area contributed by atoms with E-state index in [0.717, 1.165) is 34.3 Å². The molecule has 0 nitrogen and oxygen atoms in total. The monoisotopic (exact) mass is 322 g/mol. The quantitative estimate of drug-likeness (QED) is 0.688. The summed E-state index contributed by atoms with van der Waals surface area (Å²) in [7, 11) is 0. The van der Waals surface area contributed by atoms with Gasteiger partial charge in [0.05, 0.1) is 0 Å². The highest BCUT2D eigenvalue weighted by atomic mass is 79.9. The SMILES string of the molecule is Cc1cc(CCCc2cccc(Br)c2)ccc1Cl. The molecule has 0 saturated heterocycles. The van der Waals surface area contributed by atoms with Gasteiger partial charge in [-0.3, -0.25) is 0 Å². The van der Waals surface area contributed by atoms with Crippen molar-refractivity contribution in [1.82, 2.24) is 0 Å². The maximum Gasteiger partial charge on any atom is 0.0435 e. The summed E-state index contributed by atoms with van der Waals surface area (Å²) in [4.78, 5) is 0. The molecule has 0 spiro atoms. The molecule has 2 rings (SSSR count). The van der Waals surface area contributed by atoms with Gasteiger partial charge in [-0.05, 0) is 61.1 Å². The van der Waals surface area contributed by atoms with Crippen LogP contribution in [0.3, 0.4) is 0 Å². The van der Waals surface area contributed by atoms with Gasteiger partial charge in [0.25, 0.3) is 0 Å². The highest BCUT2D eigenvalue weighted by molar-refractivity contribution is 9.10.